The normalized spacial score (nSPS) is 13.4. The Morgan fingerprint density at radius 2 is 1.25 bits per heavy atom. The average molecular weight is 750 g/mol. The van der Waals surface area contributed by atoms with Crippen molar-refractivity contribution in [3.05, 3.63) is 199 Å². The topological polar surface area (TPSA) is 38.7 Å². The third-order valence-corrected chi connectivity index (χ3v) is 12.6. The molecule has 2 aromatic heterocycles. The van der Waals surface area contributed by atoms with Gasteiger partial charge in [0.25, 0.3) is 0 Å². The Labute approximate surface area is 337 Å². The van der Waals surface area contributed by atoms with Crippen molar-refractivity contribution >= 4 is 53.4 Å². The third kappa shape index (κ3) is 5.84. The molecule has 2 heterocycles. The van der Waals surface area contributed by atoms with Gasteiger partial charge in [-0.15, -0.1) is 11.3 Å². The minimum absolute atomic E-state index is 0.152. The van der Waals surface area contributed by atoms with Crippen molar-refractivity contribution in [2.24, 2.45) is 0 Å². The predicted molar refractivity (Wildman–Crippen MR) is 242 cm³/mol. The highest BCUT2D eigenvalue weighted by atomic mass is 32.1. The molecular weight excluding hydrogens is 711 g/mol. The Morgan fingerprint density at radius 1 is 0.596 bits per heavy atom. The van der Waals surface area contributed by atoms with Crippen LogP contribution >= 0.6 is 11.3 Å². The SMILES string of the molecule is C=C(/C=C(\C=C/C)c1nc(-c2ccccc2)nc(-c2ccccc2)n1)c1cccc(-c2cc3c(c4c2ccc2c5ccccc5sc24)-c2ccccc2C3(C)C)c1. The van der Waals surface area contributed by atoms with Crippen LogP contribution in [0.5, 0.6) is 0 Å². The number of benzene rings is 7. The van der Waals surface area contributed by atoms with Crippen LogP contribution in [-0.4, -0.2) is 15.0 Å². The van der Waals surface area contributed by atoms with Crippen LogP contribution in [0.1, 0.15) is 43.3 Å². The summed E-state index contributed by atoms with van der Waals surface area (Å²) in [5.41, 5.74) is 12.3. The van der Waals surface area contributed by atoms with Crippen LogP contribution in [0.2, 0.25) is 0 Å². The zero-order chi connectivity index (χ0) is 38.7. The van der Waals surface area contributed by atoms with Gasteiger partial charge in [-0.1, -0.05) is 166 Å². The molecule has 0 radical (unpaired) electrons. The first-order chi connectivity index (χ1) is 27.9. The molecule has 0 atom stereocenters. The van der Waals surface area contributed by atoms with Gasteiger partial charge in [0, 0.05) is 47.7 Å². The second-order valence-electron chi connectivity index (χ2n) is 15.2. The van der Waals surface area contributed by atoms with Gasteiger partial charge < -0.3 is 0 Å². The lowest BCUT2D eigenvalue weighted by molar-refractivity contribution is 0.661. The molecule has 0 saturated heterocycles. The quantitative estimate of drug-likeness (QED) is 0.152. The standard InChI is InChI=1S/C53H39N3S/c1-5-17-38(52-55-50(34-18-8-6-9-19-34)54-51(56-52)35-20-10-7-11-21-35)30-33(2)36-22-16-23-37(31-36)43-32-45-47(42-25-12-14-26-44(42)53(45,3)4)48-40(43)28-29-41-39-24-13-15-27-46(39)57-49(41)48/h5-32H,2H2,1,3-4H3/b17-5-,38-30+. The Hall–Kier alpha value is -6.75. The number of rotatable bonds is 7. The molecule has 0 bridgehead atoms. The highest BCUT2D eigenvalue weighted by Gasteiger charge is 2.37. The third-order valence-electron chi connectivity index (χ3n) is 11.4. The van der Waals surface area contributed by atoms with E-state index in [1.807, 2.05) is 85.0 Å². The van der Waals surface area contributed by atoms with E-state index in [0.717, 1.165) is 33.4 Å². The van der Waals surface area contributed by atoms with Gasteiger partial charge in [-0.25, -0.2) is 15.0 Å². The van der Waals surface area contributed by atoms with Crippen LogP contribution in [-0.2, 0) is 5.41 Å². The second kappa shape index (κ2) is 13.8. The van der Waals surface area contributed by atoms with Crippen molar-refractivity contribution in [2.75, 3.05) is 0 Å². The fourth-order valence-electron chi connectivity index (χ4n) is 8.56. The van der Waals surface area contributed by atoms with Gasteiger partial charge in [-0.3, -0.25) is 0 Å². The van der Waals surface area contributed by atoms with E-state index in [-0.39, 0.29) is 5.41 Å². The van der Waals surface area contributed by atoms with Gasteiger partial charge in [0.05, 0.1) is 0 Å². The van der Waals surface area contributed by atoms with Crippen molar-refractivity contribution in [3.63, 3.8) is 0 Å². The summed E-state index contributed by atoms with van der Waals surface area (Å²) >= 11 is 1.91. The molecule has 272 valence electrons. The maximum Gasteiger partial charge on any atom is 0.164 e. The Kier molecular flexibility index (Phi) is 8.39. The van der Waals surface area contributed by atoms with Crippen molar-refractivity contribution in [2.45, 2.75) is 26.2 Å². The van der Waals surface area contributed by atoms with E-state index in [2.05, 4.69) is 124 Å². The first-order valence-electron chi connectivity index (χ1n) is 19.4. The molecule has 1 aliphatic rings. The molecule has 0 aliphatic heterocycles. The molecule has 7 aromatic carbocycles. The number of hydrogen-bond acceptors (Lipinski definition) is 4. The van der Waals surface area contributed by atoms with Crippen LogP contribution in [0.25, 0.3) is 87.1 Å². The Balaban J connectivity index is 1.13. The molecule has 0 saturated carbocycles. The minimum Gasteiger partial charge on any atom is -0.208 e. The van der Waals surface area contributed by atoms with Crippen molar-refractivity contribution in [1.82, 2.24) is 15.0 Å². The van der Waals surface area contributed by atoms with Crippen molar-refractivity contribution in [1.29, 1.82) is 0 Å². The summed E-state index contributed by atoms with van der Waals surface area (Å²) in [5.74, 6) is 1.85. The van der Waals surface area contributed by atoms with Crippen LogP contribution in [0.15, 0.2) is 176 Å². The number of allylic oxidation sites excluding steroid dienone is 5. The Bertz CT molecular complexity index is 3060. The van der Waals surface area contributed by atoms with Crippen LogP contribution in [0.3, 0.4) is 0 Å². The Morgan fingerprint density at radius 3 is 1.98 bits per heavy atom. The van der Waals surface area contributed by atoms with E-state index in [1.54, 1.807) is 0 Å². The molecule has 3 nitrogen and oxygen atoms in total. The molecule has 10 rings (SSSR count). The largest absolute Gasteiger partial charge is 0.208 e. The maximum absolute atomic E-state index is 5.02. The number of nitrogens with zero attached hydrogens (tertiary/aromatic N) is 3. The minimum atomic E-state index is -0.152. The summed E-state index contributed by atoms with van der Waals surface area (Å²) in [5, 5.41) is 5.24. The predicted octanol–water partition coefficient (Wildman–Crippen LogP) is 14.4. The molecule has 0 fully saturated rings. The number of fused-ring (bicyclic) bond motifs is 9. The van der Waals surface area contributed by atoms with Crippen LogP contribution < -0.4 is 0 Å². The highest BCUT2D eigenvalue weighted by molar-refractivity contribution is 7.26. The molecule has 0 N–H and O–H groups in total. The van der Waals surface area contributed by atoms with Gasteiger partial charge in [-0.2, -0.15) is 0 Å². The monoisotopic (exact) mass is 749 g/mol. The number of aromatic nitrogens is 3. The number of thiophene rings is 1. The molecular formula is C53H39N3S. The summed E-state index contributed by atoms with van der Waals surface area (Å²) in [4.78, 5) is 14.9. The maximum atomic E-state index is 5.02. The lowest BCUT2D eigenvalue weighted by atomic mass is 9.80. The lowest BCUT2D eigenvalue weighted by Gasteiger charge is -2.23. The molecule has 1 aliphatic carbocycles. The van der Waals surface area contributed by atoms with E-state index in [1.165, 1.54) is 58.8 Å². The average Bonchev–Trinajstić information content (AvgIpc) is 3.75. The fraction of sp³-hybridized carbons (Fsp3) is 0.0755. The van der Waals surface area contributed by atoms with Crippen molar-refractivity contribution in [3.8, 4) is 45.0 Å². The van der Waals surface area contributed by atoms with E-state index in [4.69, 9.17) is 15.0 Å². The van der Waals surface area contributed by atoms with E-state index in [0.29, 0.717) is 17.5 Å². The zero-order valence-electron chi connectivity index (χ0n) is 32.1. The van der Waals surface area contributed by atoms with Gasteiger partial charge in [0.1, 0.15) is 0 Å². The molecule has 0 spiro atoms. The summed E-state index contributed by atoms with van der Waals surface area (Å²) in [7, 11) is 0. The molecule has 0 unspecified atom stereocenters. The number of hydrogen-bond donors (Lipinski definition) is 0. The highest BCUT2D eigenvalue weighted by Crippen LogP contribution is 2.55. The smallest absolute Gasteiger partial charge is 0.164 e. The summed E-state index contributed by atoms with van der Waals surface area (Å²) < 4.78 is 2.66. The second-order valence-corrected chi connectivity index (χ2v) is 16.3. The summed E-state index contributed by atoms with van der Waals surface area (Å²) in [6, 6.07) is 53.9. The van der Waals surface area contributed by atoms with Gasteiger partial charge in [0.15, 0.2) is 17.5 Å². The summed E-state index contributed by atoms with van der Waals surface area (Å²) in [6.07, 6.45) is 6.17. The fourth-order valence-corrected chi connectivity index (χ4v) is 9.81. The first kappa shape index (κ1) is 34.7. The van der Waals surface area contributed by atoms with Crippen LogP contribution in [0.4, 0.5) is 0 Å². The van der Waals surface area contributed by atoms with Gasteiger partial charge in [0.2, 0.25) is 0 Å². The molecule has 57 heavy (non-hydrogen) atoms. The first-order valence-corrected chi connectivity index (χ1v) is 20.2. The molecule has 9 aromatic rings. The van der Waals surface area contributed by atoms with Gasteiger partial charge >= 0.3 is 0 Å². The molecule has 0 amide bonds. The summed E-state index contributed by atoms with van der Waals surface area (Å²) in [6.45, 7) is 11.4. The van der Waals surface area contributed by atoms with E-state index in [9.17, 15) is 0 Å². The van der Waals surface area contributed by atoms with E-state index >= 15 is 0 Å². The molecule has 4 heteroatoms. The zero-order valence-corrected chi connectivity index (χ0v) is 32.9. The van der Waals surface area contributed by atoms with Crippen molar-refractivity contribution < 1.29 is 0 Å². The van der Waals surface area contributed by atoms with Crippen LogP contribution in [0, 0.1) is 0 Å². The van der Waals surface area contributed by atoms with Gasteiger partial charge in [-0.05, 0) is 81.1 Å². The lowest BCUT2D eigenvalue weighted by Crippen LogP contribution is -2.15. The van der Waals surface area contributed by atoms with E-state index < -0.39 is 0 Å².